The third-order valence-electron chi connectivity index (χ3n) is 5.07. The van der Waals surface area contributed by atoms with Crippen LogP contribution in [0.3, 0.4) is 0 Å². The van der Waals surface area contributed by atoms with Crippen LogP contribution in [0.4, 0.5) is 0 Å². The Morgan fingerprint density at radius 3 is 2.89 bits per heavy atom. The summed E-state index contributed by atoms with van der Waals surface area (Å²) in [4.78, 5) is 4.87. The molecule has 1 N–H and O–H groups in total. The van der Waals surface area contributed by atoms with E-state index in [1.54, 1.807) is 0 Å². The van der Waals surface area contributed by atoms with Crippen molar-refractivity contribution in [1.29, 1.82) is 0 Å². The molecule has 0 bridgehead atoms. The Bertz CT molecular complexity index is 339. The first-order valence-electron chi connectivity index (χ1n) is 7.81. The fraction of sp³-hybridized carbons (Fsp3) is 0.933. The molecule has 0 aromatic rings. The van der Waals surface area contributed by atoms with Crippen LogP contribution in [0.25, 0.3) is 0 Å². The highest BCUT2D eigenvalue weighted by Crippen LogP contribution is 2.33. The Morgan fingerprint density at radius 2 is 2.11 bits per heavy atom. The Balaban J connectivity index is 1.53. The second-order valence-electron chi connectivity index (χ2n) is 6.47. The molecule has 2 unspecified atom stereocenters. The highest BCUT2D eigenvalue weighted by atomic mass is 32.2. The summed E-state index contributed by atoms with van der Waals surface area (Å²) in [6.45, 7) is 5.24. The molecule has 1 spiro atoms. The maximum atomic E-state index is 5.47. The zero-order valence-corrected chi connectivity index (χ0v) is 12.8. The van der Waals surface area contributed by atoms with Crippen molar-refractivity contribution in [1.82, 2.24) is 5.32 Å². The molecule has 3 fully saturated rings. The quantitative estimate of drug-likeness (QED) is 0.845. The van der Waals surface area contributed by atoms with Crippen LogP contribution in [0.2, 0.25) is 0 Å². The predicted octanol–water partition coefficient (Wildman–Crippen LogP) is 3.05. The molecule has 3 nitrogen and oxygen atoms in total. The zero-order chi connectivity index (χ0) is 13.1. The number of amidine groups is 1. The highest BCUT2D eigenvalue weighted by Gasteiger charge is 2.38. The average Bonchev–Trinajstić information content (AvgIpc) is 2.82. The number of ether oxygens (including phenoxy) is 1. The number of nitrogens with one attached hydrogen (secondary N) is 1. The molecule has 1 aliphatic carbocycles. The summed E-state index contributed by atoms with van der Waals surface area (Å²) in [6.07, 6.45) is 7.88. The monoisotopic (exact) mass is 282 g/mol. The van der Waals surface area contributed by atoms with Gasteiger partial charge in [-0.2, -0.15) is 0 Å². The van der Waals surface area contributed by atoms with Crippen LogP contribution < -0.4 is 5.32 Å². The van der Waals surface area contributed by atoms with E-state index in [-0.39, 0.29) is 0 Å². The number of rotatable bonds is 2. The molecular weight excluding hydrogens is 256 g/mol. The lowest BCUT2D eigenvalue weighted by Crippen LogP contribution is -2.48. The lowest BCUT2D eigenvalue weighted by molar-refractivity contribution is 0.0555. The molecule has 0 aromatic heterocycles. The highest BCUT2D eigenvalue weighted by molar-refractivity contribution is 8.14. The van der Waals surface area contributed by atoms with Gasteiger partial charge in [0, 0.05) is 25.5 Å². The Morgan fingerprint density at radius 1 is 1.32 bits per heavy atom. The van der Waals surface area contributed by atoms with Gasteiger partial charge in [-0.15, -0.1) is 0 Å². The van der Waals surface area contributed by atoms with Crippen molar-refractivity contribution in [3.8, 4) is 0 Å². The fourth-order valence-corrected chi connectivity index (χ4v) is 4.71. The van der Waals surface area contributed by atoms with Crippen molar-refractivity contribution in [3.63, 3.8) is 0 Å². The van der Waals surface area contributed by atoms with E-state index in [0.717, 1.165) is 44.4 Å². The Labute approximate surface area is 121 Å². The van der Waals surface area contributed by atoms with Crippen LogP contribution in [0, 0.1) is 11.8 Å². The molecule has 108 valence electrons. The van der Waals surface area contributed by atoms with E-state index in [4.69, 9.17) is 9.73 Å². The van der Waals surface area contributed by atoms with Gasteiger partial charge in [0.15, 0.2) is 5.17 Å². The molecular formula is C15H26N2OS. The molecule has 2 heterocycles. The SMILES string of the molecule is CC1CCCCC1CN=C1NC2(CCOCC2)CS1. The van der Waals surface area contributed by atoms with E-state index in [2.05, 4.69) is 12.2 Å². The van der Waals surface area contributed by atoms with Crippen molar-refractivity contribution in [2.24, 2.45) is 16.8 Å². The zero-order valence-electron chi connectivity index (χ0n) is 12.0. The van der Waals surface area contributed by atoms with Crippen LogP contribution in [-0.4, -0.2) is 36.2 Å². The molecule has 1 saturated carbocycles. The van der Waals surface area contributed by atoms with Gasteiger partial charge in [-0.3, -0.25) is 4.99 Å². The van der Waals surface area contributed by atoms with Crippen LogP contribution >= 0.6 is 11.8 Å². The molecule has 2 atom stereocenters. The first-order chi connectivity index (χ1) is 9.27. The molecule has 2 aliphatic heterocycles. The van der Waals surface area contributed by atoms with E-state index in [1.807, 2.05) is 11.8 Å². The fourth-order valence-electron chi connectivity index (χ4n) is 3.49. The largest absolute Gasteiger partial charge is 0.381 e. The summed E-state index contributed by atoms with van der Waals surface area (Å²) in [5.41, 5.74) is 0.292. The van der Waals surface area contributed by atoms with E-state index < -0.39 is 0 Å². The number of nitrogens with zero attached hydrogens (tertiary/aromatic N) is 1. The van der Waals surface area contributed by atoms with Crippen LogP contribution in [-0.2, 0) is 4.74 Å². The minimum absolute atomic E-state index is 0.292. The van der Waals surface area contributed by atoms with Gasteiger partial charge in [0.1, 0.15) is 0 Å². The predicted molar refractivity (Wildman–Crippen MR) is 81.8 cm³/mol. The van der Waals surface area contributed by atoms with Crippen LogP contribution in [0.5, 0.6) is 0 Å². The van der Waals surface area contributed by atoms with Gasteiger partial charge in [-0.1, -0.05) is 37.9 Å². The van der Waals surface area contributed by atoms with Crippen molar-refractivity contribution in [2.45, 2.75) is 51.0 Å². The van der Waals surface area contributed by atoms with Gasteiger partial charge in [-0.25, -0.2) is 0 Å². The molecule has 3 aliphatic rings. The summed E-state index contributed by atoms with van der Waals surface area (Å²) in [6, 6.07) is 0. The lowest BCUT2D eigenvalue weighted by atomic mass is 9.80. The van der Waals surface area contributed by atoms with Gasteiger partial charge < -0.3 is 10.1 Å². The third-order valence-corrected chi connectivity index (χ3v) is 6.27. The smallest absolute Gasteiger partial charge is 0.157 e. The molecule has 0 aromatic carbocycles. The maximum Gasteiger partial charge on any atom is 0.157 e. The Kier molecular flexibility index (Phi) is 4.37. The minimum atomic E-state index is 0.292. The summed E-state index contributed by atoms with van der Waals surface area (Å²) in [7, 11) is 0. The number of hydrogen-bond acceptors (Lipinski definition) is 3. The third kappa shape index (κ3) is 3.27. The number of hydrogen-bond donors (Lipinski definition) is 1. The van der Waals surface area contributed by atoms with Crippen molar-refractivity contribution < 1.29 is 4.74 Å². The summed E-state index contributed by atoms with van der Waals surface area (Å²) >= 11 is 1.92. The molecule has 3 rings (SSSR count). The lowest BCUT2D eigenvalue weighted by Gasteiger charge is -2.32. The van der Waals surface area contributed by atoms with Crippen LogP contribution in [0.15, 0.2) is 4.99 Å². The summed E-state index contributed by atoms with van der Waals surface area (Å²) in [5.74, 6) is 2.85. The van der Waals surface area contributed by atoms with E-state index in [1.165, 1.54) is 36.6 Å². The van der Waals surface area contributed by atoms with Crippen molar-refractivity contribution >= 4 is 16.9 Å². The van der Waals surface area contributed by atoms with Crippen LogP contribution in [0.1, 0.15) is 45.4 Å². The molecule has 0 amide bonds. The van der Waals surface area contributed by atoms with E-state index >= 15 is 0 Å². The normalized spacial score (nSPS) is 36.6. The Hall–Kier alpha value is -0.220. The van der Waals surface area contributed by atoms with E-state index in [0.29, 0.717) is 5.54 Å². The molecule has 0 radical (unpaired) electrons. The average molecular weight is 282 g/mol. The first-order valence-corrected chi connectivity index (χ1v) is 8.79. The van der Waals surface area contributed by atoms with Gasteiger partial charge in [0.2, 0.25) is 0 Å². The molecule has 19 heavy (non-hydrogen) atoms. The standard InChI is InChI=1S/C15H26N2OS/c1-12-4-2-3-5-13(12)10-16-14-17-15(11-19-14)6-8-18-9-7-15/h12-13H,2-11H2,1H3,(H,16,17). The molecule has 4 heteroatoms. The van der Waals surface area contributed by atoms with Crippen molar-refractivity contribution in [2.75, 3.05) is 25.5 Å². The van der Waals surface area contributed by atoms with Gasteiger partial charge in [0.05, 0.1) is 5.54 Å². The second-order valence-corrected chi connectivity index (χ2v) is 7.44. The number of thioether (sulfide) groups is 1. The maximum absolute atomic E-state index is 5.47. The van der Waals surface area contributed by atoms with Gasteiger partial charge in [0.25, 0.3) is 0 Å². The van der Waals surface area contributed by atoms with Gasteiger partial charge in [-0.05, 0) is 31.1 Å². The number of aliphatic imine (C=N–C) groups is 1. The van der Waals surface area contributed by atoms with E-state index in [9.17, 15) is 0 Å². The second kappa shape index (κ2) is 6.04. The summed E-state index contributed by atoms with van der Waals surface area (Å²) < 4.78 is 5.47. The minimum Gasteiger partial charge on any atom is -0.381 e. The molecule has 2 saturated heterocycles. The topological polar surface area (TPSA) is 33.6 Å². The first kappa shape index (κ1) is 13.7. The van der Waals surface area contributed by atoms with Gasteiger partial charge >= 0.3 is 0 Å². The van der Waals surface area contributed by atoms with Crippen molar-refractivity contribution in [3.05, 3.63) is 0 Å². The summed E-state index contributed by atoms with van der Waals surface area (Å²) in [5, 5.41) is 4.89.